The first-order chi connectivity index (χ1) is 8.13. The van der Waals surface area contributed by atoms with Gasteiger partial charge in [0.15, 0.2) is 6.29 Å². The van der Waals surface area contributed by atoms with Crippen molar-refractivity contribution >= 4 is 17.9 Å². The van der Waals surface area contributed by atoms with Gasteiger partial charge in [-0.3, -0.25) is 9.78 Å². The summed E-state index contributed by atoms with van der Waals surface area (Å²) in [6, 6.07) is 1.44. The average Bonchev–Trinajstić information content (AvgIpc) is 2.33. The van der Waals surface area contributed by atoms with Gasteiger partial charge < -0.3 is 0 Å². The first-order valence-electron chi connectivity index (χ1n) is 4.84. The second-order valence-corrected chi connectivity index (χ2v) is 3.89. The fourth-order valence-corrected chi connectivity index (χ4v) is 1.70. The minimum atomic E-state index is -0.422. The first kappa shape index (κ1) is 11.7. The molecule has 0 aromatic carbocycles. The van der Waals surface area contributed by atoms with Gasteiger partial charge in [-0.2, -0.15) is 0 Å². The average molecular weight is 251 g/mol. The van der Waals surface area contributed by atoms with Gasteiger partial charge in [0.1, 0.15) is 11.0 Å². The van der Waals surface area contributed by atoms with E-state index in [2.05, 4.69) is 9.97 Å². The van der Waals surface area contributed by atoms with Gasteiger partial charge in [0.25, 0.3) is 0 Å². The number of carbonyl (C=O) groups excluding carboxylic acids is 1. The molecule has 3 nitrogen and oxygen atoms in total. The van der Waals surface area contributed by atoms with Crippen molar-refractivity contribution in [2.24, 2.45) is 0 Å². The zero-order valence-electron chi connectivity index (χ0n) is 8.95. The maximum Gasteiger partial charge on any atom is 0.150 e. The molecule has 0 aliphatic rings. The molecule has 0 aliphatic carbocycles. The lowest BCUT2D eigenvalue weighted by atomic mass is 10.0. The van der Waals surface area contributed by atoms with Crippen molar-refractivity contribution in [3.05, 3.63) is 46.8 Å². The van der Waals surface area contributed by atoms with Crippen molar-refractivity contribution in [2.75, 3.05) is 0 Å². The van der Waals surface area contributed by atoms with Crippen LogP contribution >= 0.6 is 11.6 Å². The maximum absolute atomic E-state index is 13.4. The molecule has 0 bridgehead atoms. The fourth-order valence-electron chi connectivity index (χ4n) is 1.54. The molecule has 0 fully saturated rings. The molecule has 0 amide bonds. The quantitative estimate of drug-likeness (QED) is 0.608. The molecule has 2 rings (SSSR count). The number of rotatable bonds is 2. The summed E-state index contributed by atoms with van der Waals surface area (Å²) in [6.07, 6.45) is 4.72. The van der Waals surface area contributed by atoms with Crippen LogP contribution in [0.15, 0.2) is 24.7 Å². The Kier molecular flexibility index (Phi) is 3.15. The third-order valence-corrected chi connectivity index (χ3v) is 2.68. The summed E-state index contributed by atoms with van der Waals surface area (Å²) in [5, 5.41) is 0.220. The molecule has 2 aromatic rings. The maximum atomic E-state index is 13.4. The number of halogens is 2. The largest absolute Gasteiger partial charge is 0.298 e. The van der Waals surface area contributed by atoms with E-state index in [0.29, 0.717) is 28.5 Å². The predicted octanol–water partition coefficient (Wildman–Crippen LogP) is 3.06. The summed E-state index contributed by atoms with van der Waals surface area (Å²) >= 11 is 5.69. The molecule has 2 heterocycles. The molecule has 2 aromatic heterocycles. The minimum Gasteiger partial charge on any atom is -0.298 e. The van der Waals surface area contributed by atoms with Gasteiger partial charge in [0.05, 0.1) is 6.20 Å². The second-order valence-electron chi connectivity index (χ2n) is 3.51. The van der Waals surface area contributed by atoms with Gasteiger partial charge >= 0.3 is 0 Å². The van der Waals surface area contributed by atoms with E-state index >= 15 is 0 Å². The van der Waals surface area contributed by atoms with E-state index in [4.69, 9.17) is 11.6 Å². The van der Waals surface area contributed by atoms with Crippen molar-refractivity contribution in [1.29, 1.82) is 0 Å². The Morgan fingerprint density at radius 1 is 1.29 bits per heavy atom. The highest BCUT2D eigenvalue weighted by Gasteiger charge is 2.11. The predicted molar refractivity (Wildman–Crippen MR) is 62.6 cm³/mol. The minimum absolute atomic E-state index is 0.220. The van der Waals surface area contributed by atoms with Crippen molar-refractivity contribution in [3.63, 3.8) is 0 Å². The van der Waals surface area contributed by atoms with Gasteiger partial charge in [0, 0.05) is 29.1 Å². The molecule has 86 valence electrons. The van der Waals surface area contributed by atoms with E-state index in [-0.39, 0.29) is 5.15 Å². The molecule has 0 saturated heterocycles. The van der Waals surface area contributed by atoms with Crippen LogP contribution in [-0.4, -0.2) is 16.3 Å². The Hall–Kier alpha value is -1.81. The van der Waals surface area contributed by atoms with E-state index in [1.165, 1.54) is 18.5 Å². The lowest BCUT2D eigenvalue weighted by Crippen LogP contribution is -1.95. The van der Waals surface area contributed by atoms with Crippen LogP contribution in [0.3, 0.4) is 0 Å². The number of aromatic nitrogens is 2. The number of nitrogens with zero attached hydrogens (tertiary/aromatic N) is 2. The molecule has 0 radical (unpaired) electrons. The third kappa shape index (κ3) is 2.17. The summed E-state index contributed by atoms with van der Waals surface area (Å²) < 4.78 is 13.4. The topological polar surface area (TPSA) is 42.9 Å². The standard InChI is InChI=1S/C12H8ClFN2O/c1-7-9(3-15-5-11(7)14)10-4-16-12(13)2-8(10)6-17/h2-6H,1H3. The van der Waals surface area contributed by atoms with Gasteiger partial charge in [0.2, 0.25) is 0 Å². The molecular formula is C12H8ClFN2O. The highest BCUT2D eigenvalue weighted by molar-refractivity contribution is 6.29. The van der Waals surface area contributed by atoms with Crippen LogP contribution in [0.25, 0.3) is 11.1 Å². The molecule has 0 spiro atoms. The lowest BCUT2D eigenvalue weighted by molar-refractivity contribution is 0.112. The van der Waals surface area contributed by atoms with Crippen LogP contribution < -0.4 is 0 Å². The summed E-state index contributed by atoms with van der Waals surface area (Å²) in [5.74, 6) is -0.422. The van der Waals surface area contributed by atoms with E-state index < -0.39 is 5.82 Å². The van der Waals surface area contributed by atoms with Crippen LogP contribution in [0.4, 0.5) is 4.39 Å². The number of pyridine rings is 2. The summed E-state index contributed by atoms with van der Waals surface area (Å²) in [7, 11) is 0. The van der Waals surface area contributed by atoms with E-state index in [1.807, 2.05) is 0 Å². The monoisotopic (exact) mass is 250 g/mol. The number of carbonyl (C=O) groups is 1. The highest BCUT2D eigenvalue weighted by Crippen LogP contribution is 2.27. The molecule has 0 saturated carbocycles. The van der Waals surface area contributed by atoms with Gasteiger partial charge in [-0.15, -0.1) is 0 Å². The lowest BCUT2D eigenvalue weighted by Gasteiger charge is -2.08. The van der Waals surface area contributed by atoms with Crippen LogP contribution in [0.5, 0.6) is 0 Å². The van der Waals surface area contributed by atoms with Crippen molar-refractivity contribution in [1.82, 2.24) is 9.97 Å². The Bertz CT molecular complexity index is 587. The summed E-state index contributed by atoms with van der Waals surface area (Å²) in [4.78, 5) is 18.6. The Morgan fingerprint density at radius 2 is 2.06 bits per heavy atom. The van der Waals surface area contributed by atoms with Crippen molar-refractivity contribution < 1.29 is 9.18 Å². The third-order valence-electron chi connectivity index (χ3n) is 2.47. The molecule has 0 unspecified atom stereocenters. The Balaban J connectivity index is 2.68. The number of hydrogen-bond donors (Lipinski definition) is 0. The molecule has 0 N–H and O–H groups in total. The van der Waals surface area contributed by atoms with Gasteiger partial charge in [-0.25, -0.2) is 9.37 Å². The molecule has 0 aliphatic heterocycles. The van der Waals surface area contributed by atoms with Gasteiger partial charge in [-0.05, 0) is 18.6 Å². The zero-order chi connectivity index (χ0) is 12.4. The smallest absolute Gasteiger partial charge is 0.150 e. The van der Waals surface area contributed by atoms with Crippen LogP contribution in [0.1, 0.15) is 15.9 Å². The first-order valence-corrected chi connectivity index (χ1v) is 5.22. The summed E-state index contributed by atoms with van der Waals surface area (Å²) in [6.45, 7) is 1.62. The molecule has 5 heteroatoms. The normalized spacial score (nSPS) is 10.3. The Morgan fingerprint density at radius 3 is 2.76 bits per heavy atom. The van der Waals surface area contributed by atoms with Crippen LogP contribution in [-0.2, 0) is 0 Å². The SMILES string of the molecule is Cc1c(F)cncc1-c1cnc(Cl)cc1C=O. The summed E-state index contributed by atoms with van der Waals surface area (Å²) in [5.41, 5.74) is 1.85. The molecular weight excluding hydrogens is 243 g/mol. The van der Waals surface area contributed by atoms with Crippen molar-refractivity contribution in [3.8, 4) is 11.1 Å². The molecule has 17 heavy (non-hydrogen) atoms. The van der Waals surface area contributed by atoms with Crippen LogP contribution in [0, 0.1) is 12.7 Å². The molecule has 0 atom stereocenters. The zero-order valence-corrected chi connectivity index (χ0v) is 9.70. The Labute approximate surface area is 102 Å². The van der Waals surface area contributed by atoms with E-state index in [9.17, 15) is 9.18 Å². The van der Waals surface area contributed by atoms with Gasteiger partial charge in [-0.1, -0.05) is 11.6 Å². The second kappa shape index (κ2) is 4.59. The highest BCUT2D eigenvalue weighted by atomic mass is 35.5. The number of aldehydes is 1. The van der Waals surface area contributed by atoms with Crippen LogP contribution in [0.2, 0.25) is 5.15 Å². The van der Waals surface area contributed by atoms with E-state index in [1.54, 1.807) is 6.92 Å². The fraction of sp³-hybridized carbons (Fsp3) is 0.0833. The van der Waals surface area contributed by atoms with Crippen molar-refractivity contribution in [2.45, 2.75) is 6.92 Å². The number of hydrogen-bond acceptors (Lipinski definition) is 3. The van der Waals surface area contributed by atoms with E-state index in [0.717, 1.165) is 6.20 Å².